The van der Waals surface area contributed by atoms with Crippen LogP contribution >= 0.6 is 11.8 Å². The summed E-state index contributed by atoms with van der Waals surface area (Å²) in [5.41, 5.74) is 0. The van der Waals surface area contributed by atoms with E-state index in [0.29, 0.717) is 17.5 Å². The highest BCUT2D eigenvalue weighted by Gasteiger charge is 2.28. The molecule has 20 heavy (non-hydrogen) atoms. The van der Waals surface area contributed by atoms with E-state index >= 15 is 0 Å². The van der Waals surface area contributed by atoms with E-state index < -0.39 is 0 Å². The lowest BCUT2D eigenvalue weighted by atomic mass is 10.3. The van der Waals surface area contributed by atoms with Crippen LogP contribution in [0.15, 0.2) is 17.6 Å². The molecule has 2 aromatic rings. The van der Waals surface area contributed by atoms with E-state index in [1.165, 1.54) is 11.8 Å². The van der Waals surface area contributed by atoms with Gasteiger partial charge in [-0.3, -0.25) is 4.79 Å². The van der Waals surface area contributed by atoms with Crippen LogP contribution < -0.4 is 0 Å². The quantitative estimate of drug-likeness (QED) is 0.693. The largest absolute Gasteiger partial charge is 0.340 e. The van der Waals surface area contributed by atoms with E-state index in [0.717, 1.165) is 13.0 Å². The number of rotatable bonds is 4. The number of amides is 1. The van der Waals surface area contributed by atoms with E-state index in [2.05, 4.69) is 25.7 Å². The second-order valence-electron chi connectivity index (χ2n) is 4.51. The molecule has 0 saturated carbocycles. The minimum Gasteiger partial charge on any atom is -0.340 e. The maximum Gasteiger partial charge on any atom is 0.233 e. The second kappa shape index (κ2) is 5.57. The highest BCUT2D eigenvalue weighted by Crippen LogP contribution is 2.21. The van der Waals surface area contributed by atoms with Gasteiger partial charge in [0.15, 0.2) is 0 Å². The maximum atomic E-state index is 12.1. The fourth-order valence-electron chi connectivity index (χ4n) is 2.13. The summed E-state index contributed by atoms with van der Waals surface area (Å²) in [5, 5.41) is 20.0. The van der Waals surface area contributed by atoms with Crippen molar-refractivity contribution in [2.24, 2.45) is 7.05 Å². The van der Waals surface area contributed by atoms with Crippen molar-refractivity contribution in [3.8, 4) is 0 Å². The van der Waals surface area contributed by atoms with E-state index in [4.69, 9.17) is 0 Å². The maximum absolute atomic E-state index is 12.1. The Morgan fingerprint density at radius 1 is 1.45 bits per heavy atom. The lowest BCUT2D eigenvalue weighted by Gasteiger charge is -2.15. The number of carbonyl (C=O) groups is 1. The Kier molecular flexibility index (Phi) is 3.63. The van der Waals surface area contributed by atoms with Gasteiger partial charge < -0.3 is 4.90 Å². The van der Waals surface area contributed by atoms with Crippen molar-refractivity contribution in [3.05, 3.63) is 12.4 Å². The number of likely N-dealkylation sites (tertiary alicyclic amines) is 1. The van der Waals surface area contributed by atoms with Gasteiger partial charge in [-0.05, 0) is 16.8 Å². The summed E-state index contributed by atoms with van der Waals surface area (Å²) in [6, 6.07) is 0.176. The summed E-state index contributed by atoms with van der Waals surface area (Å²) in [6.07, 6.45) is 4.19. The van der Waals surface area contributed by atoms with Crippen LogP contribution in [0.2, 0.25) is 0 Å². The molecule has 0 bridgehead atoms. The highest BCUT2D eigenvalue weighted by molar-refractivity contribution is 7.99. The van der Waals surface area contributed by atoms with Gasteiger partial charge in [0.2, 0.25) is 11.1 Å². The molecule has 1 unspecified atom stereocenters. The summed E-state index contributed by atoms with van der Waals surface area (Å²) in [7, 11) is 1.75. The summed E-state index contributed by atoms with van der Waals surface area (Å²) in [5.74, 6) is 0.431. The lowest BCUT2D eigenvalue weighted by molar-refractivity contribution is -0.127. The van der Waals surface area contributed by atoms with Gasteiger partial charge in [0.1, 0.15) is 0 Å². The molecule has 0 N–H and O–H groups in total. The second-order valence-corrected chi connectivity index (χ2v) is 5.45. The molecule has 2 aromatic heterocycles. The average molecular weight is 294 g/mol. The van der Waals surface area contributed by atoms with E-state index in [1.54, 1.807) is 28.9 Å². The predicted molar refractivity (Wildman–Crippen MR) is 69.8 cm³/mol. The van der Waals surface area contributed by atoms with Crippen molar-refractivity contribution < 1.29 is 4.79 Å². The van der Waals surface area contributed by atoms with Crippen LogP contribution in [0.1, 0.15) is 12.5 Å². The van der Waals surface area contributed by atoms with Gasteiger partial charge in [-0.1, -0.05) is 11.8 Å². The molecule has 1 fully saturated rings. The topological polar surface area (TPSA) is 94.6 Å². The molecule has 0 aromatic carbocycles. The third-order valence-corrected chi connectivity index (χ3v) is 4.18. The lowest BCUT2D eigenvalue weighted by Crippen LogP contribution is -2.31. The first-order valence-electron chi connectivity index (χ1n) is 6.23. The SMILES string of the molecule is Cn1nnnc1SCC(=O)N1CCC(n2nccn2)C1. The minimum atomic E-state index is 0.0904. The molecule has 1 atom stereocenters. The van der Waals surface area contributed by atoms with Gasteiger partial charge in [-0.25, -0.2) is 4.68 Å². The molecule has 10 heteroatoms. The van der Waals surface area contributed by atoms with Crippen LogP contribution in [0.5, 0.6) is 0 Å². The average Bonchev–Trinajstić information content (AvgIpc) is 3.17. The fraction of sp³-hybridized carbons (Fsp3) is 0.600. The van der Waals surface area contributed by atoms with Crippen LogP contribution in [0.25, 0.3) is 0 Å². The third-order valence-electron chi connectivity index (χ3n) is 3.19. The standard InChI is InChI=1S/C10H14N8OS/c1-16-10(13-14-15-16)20-7-9(19)17-5-2-8(6-17)18-11-3-4-12-18/h3-4,8H,2,5-7H2,1H3. The number of hydrogen-bond acceptors (Lipinski definition) is 7. The van der Waals surface area contributed by atoms with Crippen LogP contribution in [0, 0.1) is 0 Å². The number of hydrogen-bond donors (Lipinski definition) is 0. The number of aromatic nitrogens is 7. The molecule has 1 aliphatic heterocycles. The summed E-state index contributed by atoms with van der Waals surface area (Å²) >= 11 is 1.34. The van der Waals surface area contributed by atoms with Gasteiger partial charge >= 0.3 is 0 Å². The number of aryl methyl sites for hydroxylation is 1. The molecule has 1 aliphatic rings. The zero-order valence-corrected chi connectivity index (χ0v) is 11.8. The normalized spacial score (nSPS) is 18.6. The molecular formula is C10H14N8OS. The Hall–Kier alpha value is -1.97. The number of nitrogens with zero attached hydrogens (tertiary/aromatic N) is 8. The van der Waals surface area contributed by atoms with Crippen LogP contribution in [-0.2, 0) is 11.8 Å². The Bertz CT molecular complexity index is 582. The molecule has 0 aliphatic carbocycles. The summed E-state index contributed by atoms with van der Waals surface area (Å²) < 4.78 is 1.55. The van der Waals surface area contributed by atoms with Gasteiger partial charge in [0.05, 0.1) is 24.2 Å². The smallest absolute Gasteiger partial charge is 0.233 e. The Morgan fingerprint density at radius 2 is 2.25 bits per heavy atom. The van der Waals surface area contributed by atoms with Crippen molar-refractivity contribution >= 4 is 17.7 Å². The number of tetrazole rings is 1. The first kappa shape index (κ1) is 13.0. The van der Waals surface area contributed by atoms with E-state index in [-0.39, 0.29) is 11.9 Å². The Morgan fingerprint density at radius 3 is 2.95 bits per heavy atom. The monoisotopic (exact) mass is 294 g/mol. The molecular weight excluding hydrogens is 280 g/mol. The molecule has 1 saturated heterocycles. The highest BCUT2D eigenvalue weighted by atomic mass is 32.2. The Labute approximate surface area is 119 Å². The molecule has 3 heterocycles. The number of carbonyl (C=O) groups excluding carboxylic acids is 1. The first-order chi connectivity index (χ1) is 9.74. The summed E-state index contributed by atoms with van der Waals surface area (Å²) in [6.45, 7) is 1.40. The summed E-state index contributed by atoms with van der Waals surface area (Å²) in [4.78, 5) is 15.7. The van der Waals surface area contributed by atoms with E-state index in [9.17, 15) is 4.79 Å². The first-order valence-corrected chi connectivity index (χ1v) is 7.21. The zero-order chi connectivity index (χ0) is 13.9. The van der Waals surface area contributed by atoms with E-state index in [1.807, 2.05) is 4.90 Å². The molecule has 3 rings (SSSR count). The minimum absolute atomic E-state index is 0.0904. The van der Waals surface area contributed by atoms with Gasteiger partial charge in [0.25, 0.3) is 0 Å². The van der Waals surface area contributed by atoms with Crippen LogP contribution in [-0.4, -0.2) is 64.9 Å². The van der Waals surface area contributed by atoms with Crippen LogP contribution in [0.4, 0.5) is 0 Å². The van der Waals surface area contributed by atoms with Crippen molar-refractivity contribution in [1.29, 1.82) is 0 Å². The molecule has 0 radical (unpaired) electrons. The van der Waals surface area contributed by atoms with Crippen LogP contribution in [0.3, 0.4) is 0 Å². The predicted octanol–water partition coefficient (Wildman–Crippen LogP) is -0.633. The molecule has 0 spiro atoms. The number of thioether (sulfide) groups is 1. The fourth-order valence-corrected chi connectivity index (χ4v) is 2.89. The third kappa shape index (κ3) is 2.64. The van der Waals surface area contributed by atoms with Gasteiger partial charge in [0, 0.05) is 20.1 Å². The Balaban J connectivity index is 1.53. The zero-order valence-electron chi connectivity index (χ0n) is 11.0. The van der Waals surface area contributed by atoms with Crippen molar-refractivity contribution in [1.82, 2.24) is 40.1 Å². The van der Waals surface area contributed by atoms with Crippen molar-refractivity contribution in [3.63, 3.8) is 0 Å². The molecule has 106 valence electrons. The van der Waals surface area contributed by atoms with Crippen molar-refractivity contribution in [2.75, 3.05) is 18.8 Å². The van der Waals surface area contributed by atoms with Gasteiger partial charge in [-0.15, -0.1) is 5.10 Å². The molecule has 9 nitrogen and oxygen atoms in total. The van der Waals surface area contributed by atoms with Crippen molar-refractivity contribution in [2.45, 2.75) is 17.6 Å². The molecule has 1 amide bonds. The van der Waals surface area contributed by atoms with Gasteiger partial charge in [-0.2, -0.15) is 15.0 Å².